The molecule has 1 fully saturated rings. The Bertz CT molecular complexity index is 268. The van der Waals surface area contributed by atoms with E-state index in [2.05, 4.69) is 22.9 Å². The summed E-state index contributed by atoms with van der Waals surface area (Å²) in [6.07, 6.45) is 1.95. The number of hydrogen-bond acceptors (Lipinski definition) is 3. The Hall–Kier alpha value is -1.10. The van der Waals surface area contributed by atoms with Gasteiger partial charge in [0.2, 0.25) is 11.8 Å². The lowest BCUT2D eigenvalue weighted by atomic mass is 9.94. The van der Waals surface area contributed by atoms with Gasteiger partial charge in [-0.1, -0.05) is 6.92 Å². The summed E-state index contributed by atoms with van der Waals surface area (Å²) < 4.78 is 0. The normalized spacial score (nSPS) is 26.9. The molecule has 1 rings (SSSR count). The van der Waals surface area contributed by atoms with E-state index in [1.807, 2.05) is 0 Å². The molecule has 92 valence electrons. The van der Waals surface area contributed by atoms with Crippen LogP contribution in [0.2, 0.25) is 0 Å². The highest BCUT2D eigenvalue weighted by Gasteiger charge is 2.26. The first-order valence-corrected chi connectivity index (χ1v) is 5.80. The molecular formula is C11H21N3O2. The second-order valence-electron chi connectivity index (χ2n) is 4.48. The van der Waals surface area contributed by atoms with E-state index in [0.717, 1.165) is 19.4 Å². The summed E-state index contributed by atoms with van der Waals surface area (Å²) in [6, 6.07) is -0.632. The molecule has 5 heteroatoms. The first kappa shape index (κ1) is 13.0. The number of carbonyl (C=O) groups is 2. The van der Waals surface area contributed by atoms with Gasteiger partial charge in [0.1, 0.15) is 6.04 Å². The van der Waals surface area contributed by atoms with E-state index in [4.69, 9.17) is 0 Å². The summed E-state index contributed by atoms with van der Waals surface area (Å²) in [4.78, 5) is 23.1. The quantitative estimate of drug-likeness (QED) is 0.616. The maximum absolute atomic E-state index is 11.8. The minimum Gasteiger partial charge on any atom is -0.357 e. The van der Waals surface area contributed by atoms with E-state index in [1.165, 1.54) is 0 Å². The number of nitrogens with one attached hydrogen (secondary N) is 3. The summed E-state index contributed by atoms with van der Waals surface area (Å²) in [7, 11) is 1.56. The Balaban J connectivity index is 2.42. The average molecular weight is 227 g/mol. The van der Waals surface area contributed by atoms with E-state index in [9.17, 15) is 9.59 Å². The second kappa shape index (κ2) is 5.84. The van der Waals surface area contributed by atoms with E-state index >= 15 is 0 Å². The Labute approximate surface area is 96.4 Å². The Morgan fingerprint density at radius 1 is 1.44 bits per heavy atom. The maximum atomic E-state index is 11.8. The van der Waals surface area contributed by atoms with E-state index in [0.29, 0.717) is 5.92 Å². The van der Waals surface area contributed by atoms with Crippen LogP contribution in [0.25, 0.3) is 0 Å². The molecule has 16 heavy (non-hydrogen) atoms. The molecule has 0 aromatic carbocycles. The number of hydrogen-bond donors (Lipinski definition) is 3. The highest BCUT2D eigenvalue weighted by molar-refractivity contribution is 5.89. The molecule has 2 amide bonds. The Morgan fingerprint density at radius 3 is 2.69 bits per heavy atom. The second-order valence-corrected chi connectivity index (χ2v) is 4.48. The van der Waals surface area contributed by atoms with Gasteiger partial charge in [0.15, 0.2) is 0 Å². The first-order chi connectivity index (χ1) is 7.54. The lowest BCUT2D eigenvalue weighted by Crippen LogP contribution is -2.53. The molecule has 0 radical (unpaired) electrons. The third-order valence-corrected chi connectivity index (χ3v) is 2.98. The molecule has 5 nitrogen and oxygen atoms in total. The van der Waals surface area contributed by atoms with Crippen molar-refractivity contribution < 1.29 is 9.59 Å². The summed E-state index contributed by atoms with van der Waals surface area (Å²) >= 11 is 0. The van der Waals surface area contributed by atoms with Crippen molar-refractivity contribution in [2.24, 2.45) is 5.92 Å². The lowest BCUT2D eigenvalue weighted by Gasteiger charge is -2.28. The fourth-order valence-corrected chi connectivity index (χ4v) is 1.90. The van der Waals surface area contributed by atoms with Crippen LogP contribution in [0.1, 0.15) is 26.7 Å². The van der Waals surface area contributed by atoms with Gasteiger partial charge >= 0.3 is 0 Å². The van der Waals surface area contributed by atoms with Crippen LogP contribution in [0.15, 0.2) is 0 Å². The Kier molecular flexibility index (Phi) is 4.73. The van der Waals surface area contributed by atoms with E-state index in [1.54, 1.807) is 14.0 Å². The van der Waals surface area contributed by atoms with Crippen LogP contribution in [0.3, 0.4) is 0 Å². The van der Waals surface area contributed by atoms with Crippen molar-refractivity contribution in [3.63, 3.8) is 0 Å². The zero-order chi connectivity index (χ0) is 12.1. The molecule has 1 heterocycles. The van der Waals surface area contributed by atoms with Crippen LogP contribution in [0.5, 0.6) is 0 Å². The lowest BCUT2D eigenvalue weighted by molar-refractivity contribution is -0.129. The maximum Gasteiger partial charge on any atom is 0.242 e. The van der Waals surface area contributed by atoms with Crippen molar-refractivity contribution in [2.75, 3.05) is 13.6 Å². The number of likely N-dealkylation sites (N-methyl/N-ethyl adjacent to an activating group) is 1. The Morgan fingerprint density at radius 2 is 2.12 bits per heavy atom. The molecule has 0 aromatic heterocycles. The SMILES string of the molecule is CNC(=O)C(C)NC(=O)C1CC(C)CCN1. The zero-order valence-electron chi connectivity index (χ0n) is 10.2. The van der Waals surface area contributed by atoms with Gasteiger partial charge in [-0.3, -0.25) is 9.59 Å². The third kappa shape index (κ3) is 3.48. The molecule has 3 unspecified atom stereocenters. The molecule has 3 atom stereocenters. The van der Waals surface area contributed by atoms with E-state index < -0.39 is 6.04 Å². The van der Waals surface area contributed by atoms with Gasteiger partial charge in [0.25, 0.3) is 0 Å². The van der Waals surface area contributed by atoms with E-state index in [-0.39, 0.29) is 17.9 Å². The molecule has 3 N–H and O–H groups in total. The zero-order valence-corrected chi connectivity index (χ0v) is 10.2. The number of amides is 2. The van der Waals surface area contributed by atoms with Crippen LogP contribution in [-0.4, -0.2) is 37.5 Å². The van der Waals surface area contributed by atoms with Crippen LogP contribution < -0.4 is 16.0 Å². The highest BCUT2D eigenvalue weighted by Crippen LogP contribution is 2.14. The van der Waals surface area contributed by atoms with Crippen molar-refractivity contribution in [3.8, 4) is 0 Å². The monoisotopic (exact) mass is 227 g/mol. The summed E-state index contributed by atoms with van der Waals surface area (Å²) in [5.41, 5.74) is 0. The van der Waals surface area contributed by atoms with Gasteiger partial charge in [-0.05, 0) is 32.2 Å². The first-order valence-electron chi connectivity index (χ1n) is 5.80. The minimum atomic E-state index is -0.475. The molecule has 0 bridgehead atoms. The predicted octanol–water partition coefficient (Wildman–Crippen LogP) is -0.375. The van der Waals surface area contributed by atoms with Crippen LogP contribution >= 0.6 is 0 Å². The predicted molar refractivity (Wildman–Crippen MR) is 61.9 cm³/mol. The molecule has 1 saturated heterocycles. The molecule has 1 aliphatic rings. The van der Waals surface area contributed by atoms with Gasteiger partial charge in [-0.15, -0.1) is 0 Å². The summed E-state index contributed by atoms with van der Waals surface area (Å²) in [5, 5.41) is 8.38. The largest absolute Gasteiger partial charge is 0.357 e. The van der Waals surface area contributed by atoms with Crippen molar-refractivity contribution in [1.82, 2.24) is 16.0 Å². The molecule has 0 aromatic rings. The minimum absolute atomic E-state index is 0.0809. The number of rotatable bonds is 3. The fraction of sp³-hybridized carbons (Fsp3) is 0.818. The van der Waals surface area contributed by atoms with Crippen LogP contribution in [0.4, 0.5) is 0 Å². The summed E-state index contributed by atoms with van der Waals surface area (Å²) in [5.74, 6) is 0.312. The van der Waals surface area contributed by atoms with Gasteiger partial charge in [0.05, 0.1) is 6.04 Å². The number of carbonyl (C=O) groups excluding carboxylic acids is 2. The highest BCUT2D eigenvalue weighted by atomic mass is 16.2. The van der Waals surface area contributed by atoms with Crippen molar-refractivity contribution in [2.45, 2.75) is 38.8 Å². The fourth-order valence-electron chi connectivity index (χ4n) is 1.90. The third-order valence-electron chi connectivity index (χ3n) is 2.98. The summed E-state index contributed by atoms with van der Waals surface area (Å²) in [6.45, 7) is 4.69. The molecule has 0 aliphatic carbocycles. The van der Waals surface area contributed by atoms with Crippen molar-refractivity contribution in [1.29, 1.82) is 0 Å². The molecular weight excluding hydrogens is 206 g/mol. The van der Waals surface area contributed by atoms with Crippen molar-refractivity contribution >= 4 is 11.8 Å². The van der Waals surface area contributed by atoms with Crippen molar-refractivity contribution in [3.05, 3.63) is 0 Å². The smallest absolute Gasteiger partial charge is 0.242 e. The van der Waals surface area contributed by atoms with Crippen LogP contribution in [0, 0.1) is 5.92 Å². The van der Waals surface area contributed by atoms with Gasteiger partial charge < -0.3 is 16.0 Å². The van der Waals surface area contributed by atoms with Crippen LogP contribution in [-0.2, 0) is 9.59 Å². The molecule has 0 spiro atoms. The van der Waals surface area contributed by atoms with Gasteiger partial charge in [-0.25, -0.2) is 0 Å². The topological polar surface area (TPSA) is 70.2 Å². The number of piperidine rings is 1. The molecule has 0 saturated carbocycles. The van der Waals surface area contributed by atoms with Gasteiger partial charge in [0, 0.05) is 7.05 Å². The molecule has 1 aliphatic heterocycles. The average Bonchev–Trinajstić information content (AvgIpc) is 2.27. The standard InChI is InChI=1S/C11H21N3O2/c1-7-4-5-13-9(6-7)11(16)14-8(2)10(15)12-3/h7-9,13H,4-6H2,1-3H3,(H,12,15)(H,14,16). The van der Waals surface area contributed by atoms with Gasteiger partial charge in [-0.2, -0.15) is 0 Å².